The van der Waals surface area contributed by atoms with Crippen molar-refractivity contribution in [3.05, 3.63) is 16.3 Å². The average molecular weight is 174 g/mol. The van der Waals surface area contributed by atoms with Gasteiger partial charge < -0.3 is 4.74 Å². The normalized spacial score (nSPS) is 9.55. The number of thiazole rings is 1. The van der Waals surface area contributed by atoms with Crippen LogP contribution in [0.15, 0.2) is 6.20 Å². The quantitative estimate of drug-likeness (QED) is 0.513. The van der Waals surface area contributed by atoms with Crippen LogP contribution in [0.3, 0.4) is 0 Å². The summed E-state index contributed by atoms with van der Waals surface area (Å²) in [6, 6.07) is 0. The second-order valence-electron chi connectivity index (χ2n) is 1.65. The molecule has 0 aliphatic rings. The van der Waals surface area contributed by atoms with E-state index in [1.54, 1.807) is 6.92 Å². The van der Waals surface area contributed by atoms with E-state index in [9.17, 15) is 10.1 Å². The number of aromatic nitrogens is 1. The van der Waals surface area contributed by atoms with E-state index in [1.165, 1.54) is 6.20 Å². The van der Waals surface area contributed by atoms with Gasteiger partial charge in [0.2, 0.25) is 0 Å². The van der Waals surface area contributed by atoms with Crippen LogP contribution in [0, 0.1) is 10.1 Å². The third-order valence-electron chi connectivity index (χ3n) is 0.920. The summed E-state index contributed by atoms with van der Waals surface area (Å²) < 4.78 is 4.94. The molecule has 11 heavy (non-hydrogen) atoms. The Kier molecular flexibility index (Phi) is 2.37. The smallest absolute Gasteiger partial charge is 0.347 e. The largest absolute Gasteiger partial charge is 0.470 e. The molecule has 0 amide bonds. The van der Waals surface area contributed by atoms with Crippen molar-refractivity contribution < 1.29 is 9.66 Å². The Morgan fingerprint density at radius 3 is 3.09 bits per heavy atom. The lowest BCUT2D eigenvalue weighted by Gasteiger charge is -1.91. The highest BCUT2D eigenvalue weighted by Gasteiger charge is 2.11. The van der Waals surface area contributed by atoms with E-state index >= 15 is 0 Å². The molecule has 0 spiro atoms. The Labute approximate surface area is 66.8 Å². The van der Waals surface area contributed by atoms with Gasteiger partial charge in [-0.2, -0.15) is 0 Å². The number of hydrogen-bond donors (Lipinski definition) is 0. The van der Waals surface area contributed by atoms with Gasteiger partial charge in [0.15, 0.2) is 0 Å². The molecule has 1 aromatic heterocycles. The predicted octanol–water partition coefficient (Wildman–Crippen LogP) is 1.45. The summed E-state index contributed by atoms with van der Waals surface area (Å²) in [6.45, 7) is 2.28. The second-order valence-corrected chi connectivity index (χ2v) is 2.63. The molecule has 60 valence electrons. The van der Waals surface area contributed by atoms with Gasteiger partial charge in [0.25, 0.3) is 5.19 Å². The zero-order chi connectivity index (χ0) is 8.27. The Bertz CT molecular complexity index is 260. The Morgan fingerprint density at radius 2 is 2.64 bits per heavy atom. The molecular weight excluding hydrogens is 168 g/mol. The average Bonchev–Trinajstić information content (AvgIpc) is 2.37. The molecule has 0 fully saturated rings. The molecule has 0 N–H and O–H groups in total. The first kappa shape index (κ1) is 7.93. The van der Waals surface area contributed by atoms with Crippen molar-refractivity contribution in [2.24, 2.45) is 0 Å². The van der Waals surface area contributed by atoms with Crippen LogP contribution in [0.4, 0.5) is 5.00 Å². The maximum atomic E-state index is 10.1. The summed E-state index contributed by atoms with van der Waals surface area (Å²) in [5, 5.41) is 10.5. The Balaban J connectivity index is 2.73. The van der Waals surface area contributed by atoms with Gasteiger partial charge in [-0.25, -0.2) is 4.98 Å². The summed E-state index contributed by atoms with van der Waals surface area (Å²) in [4.78, 5) is 13.3. The molecule has 0 saturated heterocycles. The van der Waals surface area contributed by atoms with Crippen molar-refractivity contribution in [1.29, 1.82) is 0 Å². The van der Waals surface area contributed by atoms with Gasteiger partial charge in [0.1, 0.15) is 6.20 Å². The number of nitrogens with zero attached hydrogens (tertiary/aromatic N) is 2. The van der Waals surface area contributed by atoms with Crippen molar-refractivity contribution in [3.63, 3.8) is 0 Å². The standard InChI is InChI=1S/C5H6N2O3S/c1-2-10-5-6-3-4(11-5)7(8)9/h3H,2H2,1H3. The van der Waals surface area contributed by atoms with E-state index in [2.05, 4.69) is 4.98 Å². The lowest BCUT2D eigenvalue weighted by molar-refractivity contribution is -0.380. The zero-order valence-corrected chi connectivity index (χ0v) is 6.63. The molecule has 1 aromatic rings. The summed E-state index contributed by atoms with van der Waals surface area (Å²) in [5.74, 6) is 0. The third kappa shape index (κ3) is 1.87. The van der Waals surface area contributed by atoms with E-state index < -0.39 is 4.92 Å². The van der Waals surface area contributed by atoms with E-state index in [0.29, 0.717) is 11.8 Å². The van der Waals surface area contributed by atoms with Gasteiger partial charge in [-0.15, -0.1) is 0 Å². The summed E-state index contributed by atoms with van der Waals surface area (Å²) in [5.41, 5.74) is 0. The highest BCUT2D eigenvalue weighted by molar-refractivity contribution is 7.16. The van der Waals surface area contributed by atoms with Gasteiger partial charge >= 0.3 is 5.00 Å². The molecule has 0 saturated carbocycles. The first-order valence-electron chi connectivity index (χ1n) is 2.97. The molecule has 0 aliphatic heterocycles. The van der Waals surface area contributed by atoms with Crippen LogP contribution in [-0.2, 0) is 0 Å². The number of rotatable bonds is 3. The highest BCUT2D eigenvalue weighted by Crippen LogP contribution is 2.26. The Hall–Kier alpha value is -1.17. The lowest BCUT2D eigenvalue weighted by Crippen LogP contribution is -1.88. The van der Waals surface area contributed by atoms with Crippen LogP contribution in [0.25, 0.3) is 0 Å². The van der Waals surface area contributed by atoms with E-state index in [4.69, 9.17) is 4.74 Å². The van der Waals surface area contributed by atoms with Crippen LogP contribution in [0.1, 0.15) is 6.92 Å². The highest BCUT2D eigenvalue weighted by atomic mass is 32.1. The van der Waals surface area contributed by atoms with Gasteiger partial charge in [-0.1, -0.05) is 0 Å². The topological polar surface area (TPSA) is 65.3 Å². The Morgan fingerprint density at radius 1 is 1.91 bits per heavy atom. The maximum Gasteiger partial charge on any atom is 0.347 e. The second kappa shape index (κ2) is 3.29. The van der Waals surface area contributed by atoms with Crippen LogP contribution in [-0.4, -0.2) is 16.5 Å². The first-order chi connectivity index (χ1) is 5.24. The number of hydrogen-bond acceptors (Lipinski definition) is 5. The summed E-state index contributed by atoms with van der Waals surface area (Å²) in [6.07, 6.45) is 1.19. The van der Waals surface area contributed by atoms with Crippen molar-refractivity contribution in [2.75, 3.05) is 6.61 Å². The fraction of sp³-hybridized carbons (Fsp3) is 0.400. The molecule has 0 aromatic carbocycles. The fourth-order valence-electron chi connectivity index (χ4n) is 0.525. The maximum absolute atomic E-state index is 10.1. The molecule has 0 unspecified atom stereocenters. The minimum absolute atomic E-state index is 0.00782. The number of nitro groups is 1. The van der Waals surface area contributed by atoms with Gasteiger partial charge in [-0.3, -0.25) is 10.1 Å². The minimum atomic E-state index is -0.486. The first-order valence-corrected chi connectivity index (χ1v) is 3.78. The van der Waals surface area contributed by atoms with Crippen LogP contribution < -0.4 is 4.74 Å². The van der Waals surface area contributed by atoms with Crippen molar-refractivity contribution in [3.8, 4) is 5.19 Å². The summed E-state index contributed by atoms with van der Waals surface area (Å²) in [7, 11) is 0. The van der Waals surface area contributed by atoms with Crippen molar-refractivity contribution in [2.45, 2.75) is 6.92 Å². The number of ether oxygens (including phenoxy) is 1. The summed E-state index contributed by atoms with van der Waals surface area (Å²) >= 11 is 0.933. The van der Waals surface area contributed by atoms with E-state index in [-0.39, 0.29) is 5.00 Å². The van der Waals surface area contributed by atoms with Crippen molar-refractivity contribution >= 4 is 16.3 Å². The minimum Gasteiger partial charge on any atom is -0.470 e. The van der Waals surface area contributed by atoms with Crippen LogP contribution in [0.2, 0.25) is 0 Å². The molecule has 0 atom stereocenters. The molecule has 0 bridgehead atoms. The molecule has 0 radical (unpaired) electrons. The zero-order valence-electron chi connectivity index (χ0n) is 5.81. The monoisotopic (exact) mass is 174 g/mol. The molecule has 1 rings (SSSR count). The van der Waals surface area contributed by atoms with Gasteiger partial charge in [-0.05, 0) is 18.3 Å². The van der Waals surface area contributed by atoms with Gasteiger partial charge in [0, 0.05) is 0 Å². The fourth-order valence-corrected chi connectivity index (χ4v) is 1.17. The van der Waals surface area contributed by atoms with E-state index in [0.717, 1.165) is 11.3 Å². The predicted molar refractivity (Wildman–Crippen MR) is 39.9 cm³/mol. The molecule has 0 aliphatic carbocycles. The third-order valence-corrected chi connectivity index (χ3v) is 1.78. The molecule has 1 heterocycles. The molecule has 6 heteroatoms. The molecule has 5 nitrogen and oxygen atoms in total. The van der Waals surface area contributed by atoms with Crippen molar-refractivity contribution in [1.82, 2.24) is 4.98 Å². The lowest BCUT2D eigenvalue weighted by atomic mass is 10.9. The molecular formula is C5H6N2O3S. The van der Waals surface area contributed by atoms with Crippen LogP contribution in [0.5, 0.6) is 5.19 Å². The van der Waals surface area contributed by atoms with Crippen LogP contribution >= 0.6 is 11.3 Å². The van der Waals surface area contributed by atoms with Gasteiger partial charge in [0.05, 0.1) is 11.5 Å². The SMILES string of the molecule is CCOc1ncc([N+](=O)[O-])s1. The van der Waals surface area contributed by atoms with E-state index in [1.807, 2.05) is 0 Å².